The Labute approximate surface area is 143 Å². The molecule has 122 valence electrons. The van der Waals surface area contributed by atoms with Crippen LogP contribution in [0.1, 0.15) is 62.2 Å². The second-order valence-corrected chi connectivity index (χ2v) is 6.97. The normalized spacial score (nSPS) is 10.2. The van der Waals surface area contributed by atoms with Gasteiger partial charge in [0.25, 0.3) is 5.91 Å². The quantitative estimate of drug-likeness (QED) is 0.389. The fraction of sp³-hybridized carbons (Fsp3) is 0.529. The number of hydrazine groups is 1. The lowest BCUT2D eigenvalue weighted by atomic mass is 10.1. The van der Waals surface area contributed by atoms with Crippen molar-refractivity contribution >= 4 is 34.2 Å². The van der Waals surface area contributed by atoms with E-state index in [0.29, 0.717) is 9.88 Å². The van der Waals surface area contributed by atoms with Gasteiger partial charge in [-0.25, -0.2) is 0 Å². The average Bonchev–Trinajstić information content (AvgIpc) is 2.56. The lowest BCUT2D eigenvalue weighted by Crippen LogP contribution is -2.39. The molecule has 1 rings (SSSR count). The third kappa shape index (κ3) is 9.05. The van der Waals surface area contributed by atoms with Crippen molar-refractivity contribution in [3.05, 3.63) is 35.9 Å². The van der Waals surface area contributed by atoms with E-state index in [9.17, 15) is 4.79 Å². The Balaban J connectivity index is 2.01. The molecule has 0 saturated carbocycles. The van der Waals surface area contributed by atoms with E-state index in [0.717, 1.165) is 5.75 Å². The van der Waals surface area contributed by atoms with Gasteiger partial charge in [-0.2, -0.15) is 0 Å². The summed E-state index contributed by atoms with van der Waals surface area (Å²) < 4.78 is 0.621. The van der Waals surface area contributed by atoms with Crippen LogP contribution in [0.3, 0.4) is 0 Å². The van der Waals surface area contributed by atoms with Gasteiger partial charge in [-0.3, -0.25) is 15.6 Å². The predicted octanol–water partition coefficient (Wildman–Crippen LogP) is 4.69. The molecule has 0 unspecified atom stereocenters. The minimum Gasteiger partial charge on any atom is -0.283 e. The van der Waals surface area contributed by atoms with Crippen LogP contribution in [0.2, 0.25) is 0 Å². The molecule has 0 spiro atoms. The Morgan fingerprint density at radius 2 is 1.64 bits per heavy atom. The van der Waals surface area contributed by atoms with Gasteiger partial charge in [-0.1, -0.05) is 87.6 Å². The molecule has 1 aromatic rings. The maximum atomic E-state index is 11.8. The third-order valence-corrected chi connectivity index (χ3v) is 4.61. The van der Waals surface area contributed by atoms with Crippen molar-refractivity contribution < 1.29 is 4.79 Å². The molecule has 0 radical (unpaired) electrons. The molecule has 0 saturated heterocycles. The first kappa shape index (κ1) is 19.0. The molecular formula is C17H26N2OS2. The number of amides is 1. The van der Waals surface area contributed by atoms with Crippen LogP contribution < -0.4 is 10.9 Å². The van der Waals surface area contributed by atoms with E-state index >= 15 is 0 Å². The maximum Gasteiger partial charge on any atom is 0.269 e. The number of rotatable bonds is 9. The summed E-state index contributed by atoms with van der Waals surface area (Å²) >= 11 is 6.78. The number of carbonyl (C=O) groups is 1. The number of hydrogen-bond donors (Lipinski definition) is 2. The van der Waals surface area contributed by atoms with Gasteiger partial charge >= 0.3 is 0 Å². The first-order valence-electron chi connectivity index (χ1n) is 8.02. The third-order valence-electron chi connectivity index (χ3n) is 3.30. The first-order valence-corrected chi connectivity index (χ1v) is 9.41. The van der Waals surface area contributed by atoms with E-state index in [1.54, 1.807) is 23.9 Å². The van der Waals surface area contributed by atoms with E-state index in [2.05, 4.69) is 17.8 Å². The molecule has 0 aliphatic rings. The van der Waals surface area contributed by atoms with Crippen molar-refractivity contribution in [1.82, 2.24) is 10.9 Å². The zero-order valence-electron chi connectivity index (χ0n) is 13.3. The van der Waals surface area contributed by atoms with Gasteiger partial charge in [0.2, 0.25) is 0 Å². The van der Waals surface area contributed by atoms with Crippen LogP contribution in [-0.4, -0.2) is 16.0 Å². The fourth-order valence-electron chi connectivity index (χ4n) is 2.03. The van der Waals surface area contributed by atoms with E-state index in [1.807, 2.05) is 18.2 Å². The summed E-state index contributed by atoms with van der Waals surface area (Å²) in [5.74, 6) is 0.834. The van der Waals surface area contributed by atoms with Gasteiger partial charge in [0.05, 0.1) is 0 Å². The van der Waals surface area contributed by atoms with Crippen molar-refractivity contribution in [1.29, 1.82) is 0 Å². The molecule has 3 nitrogen and oxygen atoms in total. The van der Waals surface area contributed by atoms with Gasteiger partial charge in [-0.15, -0.1) is 0 Å². The standard InChI is InChI=1S/C17H26N2OS2/c1-2-3-4-5-6-7-11-14-22-17(21)19-18-16(20)15-12-9-8-10-13-15/h8-10,12-13H,2-7,11,14H2,1H3,(H,18,20)(H,19,21). The van der Waals surface area contributed by atoms with E-state index in [4.69, 9.17) is 12.2 Å². The summed E-state index contributed by atoms with van der Waals surface area (Å²) in [7, 11) is 0. The molecule has 1 amide bonds. The Kier molecular flexibility index (Phi) is 10.8. The molecule has 5 heteroatoms. The predicted molar refractivity (Wildman–Crippen MR) is 100 cm³/mol. The lowest BCUT2D eigenvalue weighted by molar-refractivity contribution is 0.0944. The Morgan fingerprint density at radius 3 is 2.32 bits per heavy atom. The topological polar surface area (TPSA) is 41.1 Å². The summed E-state index contributed by atoms with van der Waals surface area (Å²) in [6.07, 6.45) is 9.09. The average molecular weight is 339 g/mol. The summed E-state index contributed by atoms with van der Waals surface area (Å²) in [4.78, 5) is 11.8. The van der Waals surface area contributed by atoms with Gasteiger partial charge in [0, 0.05) is 11.3 Å². The van der Waals surface area contributed by atoms with Crippen LogP contribution in [0.15, 0.2) is 30.3 Å². The second-order valence-electron chi connectivity index (χ2n) is 5.20. The van der Waals surface area contributed by atoms with Crippen LogP contribution in [0.5, 0.6) is 0 Å². The van der Waals surface area contributed by atoms with Crippen molar-refractivity contribution in [2.24, 2.45) is 0 Å². The van der Waals surface area contributed by atoms with E-state index in [1.165, 1.54) is 44.9 Å². The van der Waals surface area contributed by atoms with Gasteiger partial charge in [0.15, 0.2) is 4.32 Å². The van der Waals surface area contributed by atoms with Crippen molar-refractivity contribution in [3.63, 3.8) is 0 Å². The zero-order chi connectivity index (χ0) is 16.0. The lowest BCUT2D eigenvalue weighted by Gasteiger charge is -2.09. The number of hydrogen-bond acceptors (Lipinski definition) is 3. The van der Waals surface area contributed by atoms with Gasteiger partial charge in [0.1, 0.15) is 0 Å². The number of unbranched alkanes of at least 4 members (excludes halogenated alkanes) is 6. The molecule has 0 aliphatic carbocycles. The smallest absolute Gasteiger partial charge is 0.269 e. The summed E-state index contributed by atoms with van der Waals surface area (Å²) in [5.41, 5.74) is 6.04. The number of thiocarbonyl (C=S) groups is 1. The minimum absolute atomic E-state index is 0.167. The molecule has 0 aliphatic heterocycles. The van der Waals surface area contributed by atoms with E-state index < -0.39 is 0 Å². The van der Waals surface area contributed by atoms with Gasteiger partial charge < -0.3 is 0 Å². The minimum atomic E-state index is -0.167. The number of nitrogens with one attached hydrogen (secondary N) is 2. The summed E-state index contributed by atoms with van der Waals surface area (Å²) in [5, 5.41) is 0. The Hall–Kier alpha value is -1.07. The highest BCUT2D eigenvalue weighted by molar-refractivity contribution is 8.22. The molecule has 0 fully saturated rings. The molecule has 0 atom stereocenters. The van der Waals surface area contributed by atoms with Crippen LogP contribution in [0.4, 0.5) is 0 Å². The van der Waals surface area contributed by atoms with Gasteiger partial charge in [-0.05, 0) is 18.6 Å². The summed E-state index contributed by atoms with van der Waals surface area (Å²) in [6, 6.07) is 9.09. The monoisotopic (exact) mass is 338 g/mol. The molecule has 0 bridgehead atoms. The Morgan fingerprint density at radius 1 is 1.00 bits per heavy atom. The molecule has 0 aromatic heterocycles. The largest absolute Gasteiger partial charge is 0.283 e. The highest BCUT2D eigenvalue weighted by Crippen LogP contribution is 2.11. The fourth-order valence-corrected chi connectivity index (χ4v) is 2.99. The van der Waals surface area contributed by atoms with Crippen LogP contribution in [0, 0.1) is 0 Å². The SMILES string of the molecule is CCCCCCCCCSC(=S)NNC(=O)c1ccccc1. The highest BCUT2D eigenvalue weighted by Gasteiger charge is 2.04. The molecule has 2 N–H and O–H groups in total. The molecule has 0 heterocycles. The van der Waals surface area contributed by atoms with E-state index in [-0.39, 0.29) is 5.91 Å². The van der Waals surface area contributed by atoms with Crippen molar-refractivity contribution in [2.75, 3.05) is 5.75 Å². The molecule has 1 aromatic carbocycles. The van der Waals surface area contributed by atoms with Crippen LogP contribution >= 0.6 is 24.0 Å². The van der Waals surface area contributed by atoms with Crippen molar-refractivity contribution in [2.45, 2.75) is 51.9 Å². The molecular weight excluding hydrogens is 312 g/mol. The number of thioether (sulfide) groups is 1. The second kappa shape index (κ2) is 12.5. The zero-order valence-corrected chi connectivity index (χ0v) is 14.9. The van der Waals surface area contributed by atoms with Crippen molar-refractivity contribution in [3.8, 4) is 0 Å². The summed E-state index contributed by atoms with van der Waals surface area (Å²) in [6.45, 7) is 2.24. The number of carbonyl (C=O) groups excluding carboxylic acids is 1. The maximum absolute atomic E-state index is 11.8. The van der Waals surface area contributed by atoms with Crippen LogP contribution in [0.25, 0.3) is 0 Å². The number of benzene rings is 1. The first-order chi connectivity index (χ1) is 10.7. The highest BCUT2D eigenvalue weighted by atomic mass is 32.2. The molecule has 22 heavy (non-hydrogen) atoms. The Bertz CT molecular complexity index is 438. The van der Waals surface area contributed by atoms with Crippen LogP contribution in [-0.2, 0) is 0 Å².